The van der Waals surface area contributed by atoms with Crippen LogP contribution in [-0.4, -0.2) is 30.0 Å². The van der Waals surface area contributed by atoms with Crippen molar-refractivity contribution in [3.63, 3.8) is 0 Å². The number of carbonyl (C=O) groups is 2. The minimum absolute atomic E-state index is 0.0440. The first kappa shape index (κ1) is 13.0. The first-order chi connectivity index (χ1) is 8.31. The molecule has 5 nitrogen and oxygen atoms in total. The van der Waals surface area contributed by atoms with Crippen molar-refractivity contribution in [1.82, 2.24) is 0 Å². The van der Waals surface area contributed by atoms with Crippen LogP contribution in [0, 0.1) is 0 Å². The second-order valence-electron chi connectivity index (χ2n) is 4.13. The van der Waals surface area contributed by atoms with E-state index in [1.807, 2.05) is 0 Å². The fourth-order valence-corrected chi connectivity index (χ4v) is 4.29. The Morgan fingerprint density at radius 2 is 1.83 bits per heavy atom. The van der Waals surface area contributed by atoms with Gasteiger partial charge in [-0.25, -0.2) is 8.42 Å². The fourth-order valence-electron chi connectivity index (χ4n) is 1.91. The number of rotatable bonds is 3. The van der Waals surface area contributed by atoms with Crippen LogP contribution in [-0.2, 0) is 19.4 Å². The monoisotopic (exact) mass is 288 g/mol. The zero-order valence-corrected chi connectivity index (χ0v) is 10.7. The highest BCUT2D eigenvalue weighted by atomic mass is 35.5. The second-order valence-corrected chi connectivity index (χ2v) is 6.76. The van der Waals surface area contributed by atoms with E-state index in [-0.39, 0.29) is 15.7 Å². The summed E-state index contributed by atoms with van der Waals surface area (Å²) < 4.78 is 22.6. The average molecular weight is 289 g/mol. The molecule has 1 aliphatic rings. The number of carboxylic acid groups (broad SMARTS) is 1. The van der Waals surface area contributed by atoms with Crippen molar-refractivity contribution >= 4 is 33.2 Å². The minimum atomic E-state index is -4.18. The molecule has 0 saturated heterocycles. The van der Waals surface area contributed by atoms with E-state index in [0.717, 1.165) is 0 Å². The van der Waals surface area contributed by atoms with Crippen molar-refractivity contribution in [2.45, 2.75) is 22.5 Å². The second kappa shape index (κ2) is 4.07. The molecule has 0 atom stereocenters. The molecule has 1 aromatic rings. The summed E-state index contributed by atoms with van der Waals surface area (Å²) in [4.78, 5) is 22.0. The standard InChI is InChI=1S/C11H9ClO5S/c12-8-3-1-2-4-9(8)18(16,17)11(10(14)15)5-7(13)6-11/h1-4H,5-6H2,(H,14,15). The maximum Gasteiger partial charge on any atom is 0.326 e. The molecule has 2 rings (SSSR count). The molecule has 0 spiro atoms. The molecule has 1 aromatic carbocycles. The van der Waals surface area contributed by atoms with Gasteiger partial charge in [0.1, 0.15) is 5.78 Å². The van der Waals surface area contributed by atoms with Gasteiger partial charge in [-0.3, -0.25) is 9.59 Å². The average Bonchev–Trinajstić information content (AvgIpc) is 2.24. The lowest BCUT2D eigenvalue weighted by molar-refractivity contribution is -0.147. The number of ketones is 1. The zero-order valence-electron chi connectivity index (χ0n) is 9.09. The smallest absolute Gasteiger partial charge is 0.326 e. The van der Waals surface area contributed by atoms with Crippen LogP contribution < -0.4 is 0 Å². The van der Waals surface area contributed by atoms with Gasteiger partial charge in [0, 0.05) is 12.8 Å². The summed E-state index contributed by atoms with van der Waals surface area (Å²) >= 11 is 5.78. The predicted octanol–water partition coefficient (Wildman–Crippen LogP) is 1.30. The van der Waals surface area contributed by atoms with Crippen LogP contribution in [0.25, 0.3) is 0 Å². The van der Waals surface area contributed by atoms with Gasteiger partial charge in [0.15, 0.2) is 14.6 Å². The molecular weight excluding hydrogens is 280 g/mol. The Morgan fingerprint density at radius 1 is 1.28 bits per heavy atom. The number of Topliss-reactive ketones (excluding diaryl/α,β-unsaturated/α-hetero) is 1. The van der Waals surface area contributed by atoms with Gasteiger partial charge < -0.3 is 5.11 Å². The lowest BCUT2D eigenvalue weighted by Gasteiger charge is -2.35. The number of sulfone groups is 1. The van der Waals surface area contributed by atoms with Crippen LogP contribution >= 0.6 is 11.6 Å². The van der Waals surface area contributed by atoms with Crippen LogP contribution in [0.1, 0.15) is 12.8 Å². The summed E-state index contributed by atoms with van der Waals surface area (Å²) in [6.07, 6.45) is -1.01. The molecule has 1 N–H and O–H groups in total. The van der Waals surface area contributed by atoms with Crippen molar-refractivity contribution in [1.29, 1.82) is 0 Å². The molecule has 0 aromatic heterocycles. The highest BCUT2D eigenvalue weighted by molar-refractivity contribution is 7.94. The van der Waals surface area contributed by atoms with Gasteiger partial charge in [0.05, 0.1) is 9.92 Å². The summed E-state index contributed by atoms with van der Waals surface area (Å²) in [6.45, 7) is 0. The van der Waals surface area contributed by atoms with Crippen molar-refractivity contribution in [2.24, 2.45) is 0 Å². The van der Waals surface area contributed by atoms with E-state index in [4.69, 9.17) is 16.7 Å². The van der Waals surface area contributed by atoms with Crippen LogP contribution in [0.4, 0.5) is 0 Å². The summed E-state index contributed by atoms with van der Waals surface area (Å²) in [6, 6.07) is 5.60. The molecule has 18 heavy (non-hydrogen) atoms. The van der Waals surface area contributed by atoms with Crippen molar-refractivity contribution in [3.05, 3.63) is 29.3 Å². The highest BCUT2D eigenvalue weighted by Gasteiger charge is 2.61. The predicted molar refractivity (Wildman–Crippen MR) is 63.2 cm³/mol. The third kappa shape index (κ3) is 1.64. The summed E-state index contributed by atoms with van der Waals surface area (Å²) in [5, 5.41) is 9.07. The molecule has 1 saturated carbocycles. The number of hydrogen-bond donors (Lipinski definition) is 1. The van der Waals surface area contributed by atoms with Crippen LogP contribution in [0.2, 0.25) is 5.02 Å². The Balaban J connectivity index is 2.59. The number of aliphatic carboxylic acids is 1. The quantitative estimate of drug-likeness (QED) is 0.905. The van der Waals surface area contributed by atoms with Gasteiger partial charge in [0.25, 0.3) is 0 Å². The van der Waals surface area contributed by atoms with Gasteiger partial charge >= 0.3 is 5.97 Å². The van der Waals surface area contributed by atoms with Gasteiger partial charge in [-0.2, -0.15) is 0 Å². The molecule has 0 unspecified atom stereocenters. The van der Waals surface area contributed by atoms with E-state index < -0.39 is 33.4 Å². The molecule has 0 radical (unpaired) electrons. The molecule has 96 valence electrons. The topological polar surface area (TPSA) is 88.5 Å². The van der Waals surface area contributed by atoms with Crippen molar-refractivity contribution in [2.75, 3.05) is 0 Å². The molecule has 0 bridgehead atoms. The van der Waals surface area contributed by atoms with Crippen LogP contribution in [0.15, 0.2) is 29.2 Å². The van der Waals surface area contributed by atoms with E-state index in [9.17, 15) is 18.0 Å². The van der Waals surface area contributed by atoms with Crippen molar-refractivity contribution in [3.8, 4) is 0 Å². The Labute approximate surface area is 108 Å². The molecule has 1 aliphatic carbocycles. The zero-order chi connectivity index (χ0) is 13.6. The Hall–Kier alpha value is -1.40. The maximum atomic E-state index is 12.3. The lowest BCUT2D eigenvalue weighted by Crippen LogP contribution is -2.56. The summed E-state index contributed by atoms with van der Waals surface area (Å²) in [5.41, 5.74) is 0. The largest absolute Gasteiger partial charge is 0.480 e. The SMILES string of the molecule is O=C1CC(C(=O)O)(S(=O)(=O)c2ccccc2Cl)C1. The van der Waals surface area contributed by atoms with E-state index in [1.54, 1.807) is 6.07 Å². The summed E-state index contributed by atoms with van der Waals surface area (Å²) in [7, 11) is -4.18. The molecule has 0 aliphatic heterocycles. The normalized spacial score (nSPS) is 18.2. The Kier molecular flexibility index (Phi) is 2.95. The Morgan fingerprint density at radius 3 is 2.28 bits per heavy atom. The third-order valence-electron chi connectivity index (χ3n) is 3.00. The third-order valence-corrected chi connectivity index (χ3v) is 5.86. The van der Waals surface area contributed by atoms with Crippen LogP contribution in [0.3, 0.4) is 0 Å². The molecule has 7 heteroatoms. The fraction of sp³-hybridized carbons (Fsp3) is 0.273. The van der Waals surface area contributed by atoms with E-state index >= 15 is 0 Å². The van der Waals surface area contributed by atoms with E-state index in [2.05, 4.69) is 0 Å². The first-order valence-electron chi connectivity index (χ1n) is 5.05. The number of halogens is 1. The molecule has 0 amide bonds. The maximum absolute atomic E-state index is 12.3. The van der Waals surface area contributed by atoms with Crippen molar-refractivity contribution < 1.29 is 23.1 Å². The highest BCUT2D eigenvalue weighted by Crippen LogP contribution is 2.42. The summed E-state index contributed by atoms with van der Waals surface area (Å²) in [5.74, 6) is -1.89. The van der Waals surface area contributed by atoms with E-state index in [0.29, 0.717) is 0 Å². The number of carboxylic acids is 1. The first-order valence-corrected chi connectivity index (χ1v) is 6.92. The van der Waals surface area contributed by atoms with Gasteiger partial charge in [-0.15, -0.1) is 0 Å². The number of hydrogen-bond acceptors (Lipinski definition) is 4. The number of carbonyl (C=O) groups excluding carboxylic acids is 1. The van der Waals surface area contributed by atoms with E-state index in [1.165, 1.54) is 18.2 Å². The Bertz CT molecular complexity index is 627. The lowest BCUT2D eigenvalue weighted by atomic mass is 9.83. The molecular formula is C11H9ClO5S. The van der Waals surface area contributed by atoms with Gasteiger partial charge in [0.2, 0.25) is 0 Å². The molecule has 1 fully saturated rings. The minimum Gasteiger partial charge on any atom is -0.480 e. The molecule has 0 heterocycles. The van der Waals surface area contributed by atoms with Gasteiger partial charge in [-0.05, 0) is 12.1 Å². The van der Waals surface area contributed by atoms with Crippen LogP contribution in [0.5, 0.6) is 0 Å². The van der Waals surface area contributed by atoms with Gasteiger partial charge in [-0.1, -0.05) is 23.7 Å². The number of benzene rings is 1.